The maximum Gasteiger partial charge on any atom is -1.00 e. The van der Waals surface area contributed by atoms with Gasteiger partial charge in [-0.15, -0.1) is 0 Å². The molecule has 9 atom stereocenters. The molecule has 3 aromatic carbocycles. The maximum atomic E-state index is 6.70. The number of halogens is 3. The Kier molecular flexibility index (Phi) is 9.99. The fraction of sp³-hybridized carbons (Fsp3) is 0.353. The number of rotatable bonds is 4. The molecule has 0 spiro atoms. The van der Waals surface area contributed by atoms with Gasteiger partial charge >= 0.3 is 333 Å². The van der Waals surface area contributed by atoms with Gasteiger partial charge in [0.25, 0.3) is 0 Å². The maximum absolute atomic E-state index is 6.70. The molecule has 0 amide bonds. The molecule has 0 aliphatic heterocycles. The molecule has 55 heavy (non-hydrogen) atoms. The van der Waals surface area contributed by atoms with Crippen molar-refractivity contribution in [3.8, 4) is 0 Å². The molecule has 6 aliphatic rings. The minimum atomic E-state index is -3.10. The third-order valence-corrected chi connectivity index (χ3v) is 26.8. The van der Waals surface area contributed by atoms with Crippen molar-refractivity contribution in [1.29, 1.82) is 0 Å². The summed E-state index contributed by atoms with van der Waals surface area (Å²) in [6.07, 6.45) is 36.0. The van der Waals surface area contributed by atoms with E-state index in [4.69, 9.17) is 11.6 Å². The summed E-state index contributed by atoms with van der Waals surface area (Å²) < 4.78 is 3.77. The minimum Gasteiger partial charge on any atom is -1.00 e. The number of hydrogen-bond acceptors (Lipinski definition) is 0. The van der Waals surface area contributed by atoms with Gasteiger partial charge in [0.15, 0.2) is 0 Å². The quantitative estimate of drug-likeness (QED) is 0.252. The Morgan fingerprint density at radius 1 is 0.655 bits per heavy atom. The van der Waals surface area contributed by atoms with E-state index in [2.05, 4.69) is 207 Å². The van der Waals surface area contributed by atoms with Crippen molar-refractivity contribution in [2.45, 2.75) is 65.4 Å². The monoisotopic (exact) mass is 860 g/mol. The van der Waals surface area contributed by atoms with E-state index in [1.807, 2.05) is 0 Å². The van der Waals surface area contributed by atoms with Crippen molar-refractivity contribution in [3.63, 3.8) is 0 Å². The SMILES string of the molecule is CC1=CC=CC2[CH](/[Zr+2]([C]3=CC=CC3)=[C](/c3ccc(Cl)cc3)c3cccc4ccccc34)C3(C)C4(C)C=CC=CC4(C)C4(C)C=CC=CC4(C)C3(C)C12C.[Cl-].[Cl-]. The number of fused-ring (bicyclic) bond motifs is 9. The smallest absolute Gasteiger partial charge is 1.00 e. The first kappa shape index (κ1) is 40.7. The van der Waals surface area contributed by atoms with E-state index in [0.717, 1.165) is 11.4 Å². The van der Waals surface area contributed by atoms with Gasteiger partial charge in [0.1, 0.15) is 0 Å². The molecule has 4 heteroatoms. The molecule has 0 saturated heterocycles. The summed E-state index contributed by atoms with van der Waals surface area (Å²) in [5.74, 6) is 0.370. The predicted octanol–water partition coefficient (Wildman–Crippen LogP) is 7.78. The summed E-state index contributed by atoms with van der Waals surface area (Å²) in [5, 5.41) is 3.45. The van der Waals surface area contributed by atoms with Gasteiger partial charge in [-0.3, -0.25) is 0 Å². The van der Waals surface area contributed by atoms with Gasteiger partial charge in [-0.2, -0.15) is 0 Å². The van der Waals surface area contributed by atoms with Crippen LogP contribution in [0.1, 0.15) is 72.9 Å². The van der Waals surface area contributed by atoms with E-state index >= 15 is 0 Å². The fourth-order valence-electron chi connectivity index (χ4n) is 13.9. The first-order chi connectivity index (χ1) is 25.3. The summed E-state index contributed by atoms with van der Waals surface area (Å²) in [6.45, 7) is 21.3. The third kappa shape index (κ3) is 4.66. The molecule has 0 radical (unpaired) electrons. The van der Waals surface area contributed by atoms with Crippen LogP contribution in [0.2, 0.25) is 8.65 Å². The Bertz CT molecular complexity index is 2360. The molecule has 9 rings (SSSR count). The zero-order valence-electron chi connectivity index (χ0n) is 33.4. The van der Waals surface area contributed by atoms with E-state index in [1.165, 1.54) is 27.5 Å². The topological polar surface area (TPSA) is 0 Å². The van der Waals surface area contributed by atoms with Gasteiger partial charge in [-0.25, -0.2) is 0 Å². The van der Waals surface area contributed by atoms with Gasteiger partial charge in [0.2, 0.25) is 0 Å². The molecule has 2 saturated carbocycles. The molecule has 0 heterocycles. The molecule has 0 N–H and O–H groups in total. The van der Waals surface area contributed by atoms with Crippen LogP contribution in [0.3, 0.4) is 0 Å². The normalized spacial score (nSPS) is 38.9. The van der Waals surface area contributed by atoms with Crippen LogP contribution in [-0.4, -0.2) is 3.21 Å². The van der Waals surface area contributed by atoms with Crippen LogP contribution in [0.5, 0.6) is 0 Å². The third-order valence-electron chi connectivity index (χ3n) is 17.4. The van der Waals surface area contributed by atoms with Gasteiger partial charge in [0, 0.05) is 0 Å². The molecule has 6 aliphatic carbocycles. The largest absolute Gasteiger partial charge is 1.00 e. The number of hydrogen-bond donors (Lipinski definition) is 0. The molecule has 0 nitrogen and oxygen atoms in total. The Balaban J connectivity index is 0.00000233. The van der Waals surface area contributed by atoms with Gasteiger partial charge < -0.3 is 24.8 Å². The average molecular weight is 864 g/mol. The zero-order chi connectivity index (χ0) is 37.2. The molecular formula is C51H53Cl3Zr. The summed E-state index contributed by atoms with van der Waals surface area (Å²) in [5.41, 5.74) is 3.39. The standard InChI is InChI=1S/C29H37.C17H11Cl.C5H5.2ClH.Zr/c1-21-14-13-15-22-20-27(6)25(4)18-10-9-16-23(25,2)24(3)17-11-12-19-26(24,5)29(27,8)28(21,22)7;18-16-10-8-13(9-11-16)12-15-6-3-5-14-4-1-2-7-17(14)15;1-2-4-5-3-1;;;/h9-20,22H,1-8H3;1-11H;1-3H,4H2;2*1H;/q;;;;;+2/p-2. The summed E-state index contributed by atoms with van der Waals surface area (Å²) in [4.78, 5) is 0. The van der Waals surface area contributed by atoms with Crippen molar-refractivity contribution in [1.82, 2.24) is 0 Å². The van der Waals surface area contributed by atoms with Crippen molar-refractivity contribution in [3.05, 3.63) is 177 Å². The summed E-state index contributed by atoms with van der Waals surface area (Å²) in [6, 6.07) is 25.0. The van der Waals surface area contributed by atoms with Crippen LogP contribution < -0.4 is 24.8 Å². The van der Waals surface area contributed by atoms with Gasteiger partial charge in [-0.05, 0) is 0 Å². The zero-order valence-corrected chi connectivity index (χ0v) is 38.2. The second-order valence-electron chi connectivity index (χ2n) is 18.2. The Morgan fingerprint density at radius 3 is 1.91 bits per heavy atom. The summed E-state index contributed by atoms with van der Waals surface area (Å²) >= 11 is 3.60. The van der Waals surface area contributed by atoms with Crippen molar-refractivity contribution < 1.29 is 46.1 Å². The molecule has 0 bridgehead atoms. The van der Waals surface area contributed by atoms with E-state index in [9.17, 15) is 0 Å². The van der Waals surface area contributed by atoms with E-state index < -0.39 is 21.3 Å². The Labute approximate surface area is 355 Å². The van der Waals surface area contributed by atoms with E-state index in [1.54, 1.807) is 6.49 Å². The Morgan fingerprint density at radius 2 is 1.25 bits per heavy atom. The number of benzene rings is 3. The predicted molar refractivity (Wildman–Crippen MR) is 224 cm³/mol. The fourth-order valence-corrected chi connectivity index (χ4v) is 25.3. The van der Waals surface area contributed by atoms with E-state index in [-0.39, 0.29) is 62.7 Å². The first-order valence-electron chi connectivity index (χ1n) is 19.7. The average Bonchev–Trinajstić information content (AvgIpc) is 3.75. The second kappa shape index (κ2) is 13.5. The van der Waals surface area contributed by atoms with Gasteiger partial charge in [-0.1, -0.05) is 0 Å². The van der Waals surface area contributed by atoms with Crippen molar-refractivity contribution >= 4 is 25.6 Å². The second-order valence-corrected chi connectivity index (χ2v) is 25.0. The van der Waals surface area contributed by atoms with Crippen molar-refractivity contribution in [2.75, 3.05) is 0 Å². The molecule has 2 fully saturated rings. The minimum absolute atomic E-state index is 0. The van der Waals surface area contributed by atoms with Crippen LogP contribution in [0.25, 0.3) is 10.8 Å². The molecule has 282 valence electrons. The molecule has 9 unspecified atom stereocenters. The molecular weight excluding hydrogens is 810 g/mol. The Hall–Kier alpha value is -2.54. The molecule has 0 aromatic heterocycles. The van der Waals surface area contributed by atoms with Crippen LogP contribution in [0, 0.1) is 43.8 Å². The first-order valence-corrected chi connectivity index (χ1v) is 23.9. The van der Waals surface area contributed by atoms with Crippen LogP contribution in [0.4, 0.5) is 0 Å². The van der Waals surface area contributed by atoms with Crippen LogP contribution in [-0.2, 0) is 21.3 Å². The van der Waals surface area contributed by atoms with Crippen molar-refractivity contribution in [2.24, 2.45) is 43.8 Å². The molecule has 3 aromatic rings. The number of allylic oxidation sites excluding steroid dienone is 16. The van der Waals surface area contributed by atoms with Gasteiger partial charge in [0.05, 0.1) is 0 Å². The van der Waals surface area contributed by atoms with Crippen LogP contribution in [0.15, 0.2) is 161 Å². The summed E-state index contributed by atoms with van der Waals surface area (Å²) in [7, 11) is 0. The van der Waals surface area contributed by atoms with E-state index in [0.29, 0.717) is 9.54 Å². The van der Waals surface area contributed by atoms with Crippen LogP contribution >= 0.6 is 11.6 Å².